The number of hydrogen-bond acceptors (Lipinski definition) is 3. The van der Waals surface area contributed by atoms with Crippen LogP contribution in [0.2, 0.25) is 0 Å². The van der Waals surface area contributed by atoms with Crippen LogP contribution in [0.5, 0.6) is 0 Å². The first kappa shape index (κ1) is 11.3. The molecule has 1 rings (SSSR count). The molecule has 1 unspecified atom stereocenters. The van der Waals surface area contributed by atoms with Crippen molar-refractivity contribution in [3.8, 4) is 0 Å². The van der Waals surface area contributed by atoms with Crippen LogP contribution in [0.4, 0.5) is 4.79 Å². The summed E-state index contributed by atoms with van der Waals surface area (Å²) in [6.07, 6.45) is 0.138. The first-order chi connectivity index (χ1) is 6.65. The minimum atomic E-state index is 0.0469. The fraction of sp³-hybridized carbons (Fsp3) is 0.889. The summed E-state index contributed by atoms with van der Waals surface area (Å²) in [5, 5.41) is 0. The third kappa shape index (κ3) is 2.85. The molecule has 1 heterocycles. The van der Waals surface area contributed by atoms with E-state index in [0.717, 1.165) is 0 Å². The van der Waals surface area contributed by atoms with Crippen LogP contribution in [0.3, 0.4) is 0 Å². The highest BCUT2D eigenvalue weighted by Gasteiger charge is 2.23. The number of ether oxygens (including phenoxy) is 1. The van der Waals surface area contributed by atoms with Crippen molar-refractivity contribution in [2.45, 2.75) is 13.0 Å². The Morgan fingerprint density at radius 3 is 3.00 bits per heavy atom. The maximum atomic E-state index is 11.8. The maximum Gasteiger partial charge on any atom is 0.319 e. The Hall–Kier alpha value is -0.810. The van der Waals surface area contributed by atoms with Crippen LogP contribution in [0.15, 0.2) is 0 Å². The van der Waals surface area contributed by atoms with E-state index in [4.69, 9.17) is 10.5 Å². The molecule has 2 N–H and O–H groups in total. The Morgan fingerprint density at radius 1 is 1.71 bits per heavy atom. The summed E-state index contributed by atoms with van der Waals surface area (Å²) in [7, 11) is 1.77. The lowest BCUT2D eigenvalue weighted by Crippen LogP contribution is -2.50. The molecule has 0 aromatic rings. The Balaban J connectivity index is 2.42. The minimum absolute atomic E-state index is 0.0469. The van der Waals surface area contributed by atoms with E-state index in [-0.39, 0.29) is 12.1 Å². The summed E-state index contributed by atoms with van der Waals surface area (Å²) in [4.78, 5) is 15.2. The van der Waals surface area contributed by atoms with Crippen LogP contribution in [-0.2, 0) is 4.74 Å². The number of morpholine rings is 1. The van der Waals surface area contributed by atoms with Crippen molar-refractivity contribution in [1.29, 1.82) is 0 Å². The molecule has 0 bridgehead atoms. The zero-order valence-corrected chi connectivity index (χ0v) is 8.90. The number of carbonyl (C=O) groups is 1. The highest BCUT2D eigenvalue weighted by molar-refractivity contribution is 5.74. The molecule has 14 heavy (non-hydrogen) atoms. The van der Waals surface area contributed by atoms with Gasteiger partial charge in [-0.05, 0) is 6.92 Å². The molecule has 5 heteroatoms. The first-order valence-corrected chi connectivity index (χ1v) is 4.97. The lowest BCUT2D eigenvalue weighted by molar-refractivity contribution is -0.00799. The fourth-order valence-corrected chi connectivity index (χ4v) is 1.52. The van der Waals surface area contributed by atoms with Gasteiger partial charge in [0.1, 0.15) is 0 Å². The fourth-order valence-electron chi connectivity index (χ4n) is 1.52. The Kier molecular flexibility index (Phi) is 4.16. The Bertz CT molecular complexity index is 198. The van der Waals surface area contributed by atoms with E-state index in [9.17, 15) is 4.79 Å². The quantitative estimate of drug-likeness (QED) is 0.668. The average Bonchev–Trinajstić information content (AvgIpc) is 2.17. The number of hydrogen-bond donors (Lipinski definition) is 1. The van der Waals surface area contributed by atoms with Crippen LogP contribution in [-0.4, -0.2) is 61.8 Å². The molecule has 2 amide bonds. The summed E-state index contributed by atoms with van der Waals surface area (Å²) in [6, 6.07) is 0.0469. The van der Waals surface area contributed by atoms with Crippen molar-refractivity contribution in [2.75, 3.05) is 39.8 Å². The summed E-state index contributed by atoms with van der Waals surface area (Å²) in [5.41, 5.74) is 5.39. The smallest absolute Gasteiger partial charge is 0.319 e. The zero-order valence-electron chi connectivity index (χ0n) is 8.90. The van der Waals surface area contributed by atoms with Gasteiger partial charge in [-0.2, -0.15) is 0 Å². The van der Waals surface area contributed by atoms with E-state index in [1.54, 1.807) is 11.9 Å². The van der Waals surface area contributed by atoms with Crippen LogP contribution in [0, 0.1) is 0 Å². The van der Waals surface area contributed by atoms with Crippen molar-refractivity contribution in [2.24, 2.45) is 5.73 Å². The number of nitrogens with two attached hydrogens (primary N) is 1. The standard InChI is InChI=1S/C9H19N3O2/c1-8-7-12(5-6-14-8)9(13)11(2)4-3-10/h8H,3-7,10H2,1-2H3. The molecule has 82 valence electrons. The topological polar surface area (TPSA) is 58.8 Å². The van der Waals surface area contributed by atoms with E-state index in [0.29, 0.717) is 32.8 Å². The number of urea groups is 1. The summed E-state index contributed by atoms with van der Waals surface area (Å²) < 4.78 is 5.36. The second-order valence-corrected chi connectivity index (χ2v) is 3.62. The van der Waals surface area contributed by atoms with E-state index in [1.165, 1.54) is 0 Å². The van der Waals surface area contributed by atoms with Gasteiger partial charge in [0, 0.05) is 33.2 Å². The van der Waals surface area contributed by atoms with Crippen LogP contribution < -0.4 is 5.73 Å². The SMILES string of the molecule is CC1CN(C(=O)N(C)CCN)CCO1. The van der Waals surface area contributed by atoms with Crippen LogP contribution >= 0.6 is 0 Å². The predicted molar refractivity (Wildman–Crippen MR) is 54.1 cm³/mol. The molecule has 1 saturated heterocycles. The van der Waals surface area contributed by atoms with Crippen LogP contribution in [0.1, 0.15) is 6.92 Å². The van der Waals surface area contributed by atoms with E-state index in [1.807, 2.05) is 11.8 Å². The minimum Gasteiger partial charge on any atom is -0.375 e. The van der Waals surface area contributed by atoms with Gasteiger partial charge in [-0.3, -0.25) is 0 Å². The molecule has 0 aromatic carbocycles. The molecular weight excluding hydrogens is 182 g/mol. The summed E-state index contributed by atoms with van der Waals surface area (Å²) >= 11 is 0. The van der Waals surface area contributed by atoms with Gasteiger partial charge in [0.2, 0.25) is 0 Å². The number of amides is 2. The third-order valence-corrected chi connectivity index (χ3v) is 2.30. The molecular formula is C9H19N3O2. The molecule has 5 nitrogen and oxygen atoms in total. The van der Waals surface area contributed by atoms with Gasteiger partial charge in [0.05, 0.1) is 12.7 Å². The molecule has 0 aliphatic carbocycles. The van der Waals surface area contributed by atoms with Crippen molar-refractivity contribution < 1.29 is 9.53 Å². The zero-order chi connectivity index (χ0) is 10.6. The molecule has 1 aliphatic heterocycles. The number of rotatable bonds is 2. The number of nitrogens with zero attached hydrogens (tertiary/aromatic N) is 2. The van der Waals surface area contributed by atoms with E-state index < -0.39 is 0 Å². The molecule has 1 fully saturated rings. The normalized spacial score (nSPS) is 22.2. The maximum absolute atomic E-state index is 11.8. The van der Waals surface area contributed by atoms with Gasteiger partial charge in [0.25, 0.3) is 0 Å². The highest BCUT2D eigenvalue weighted by atomic mass is 16.5. The van der Waals surface area contributed by atoms with Gasteiger partial charge in [-0.1, -0.05) is 0 Å². The molecule has 0 saturated carbocycles. The van der Waals surface area contributed by atoms with Gasteiger partial charge >= 0.3 is 6.03 Å². The largest absolute Gasteiger partial charge is 0.375 e. The highest BCUT2D eigenvalue weighted by Crippen LogP contribution is 2.06. The van der Waals surface area contributed by atoms with Crippen LogP contribution in [0.25, 0.3) is 0 Å². The molecule has 0 spiro atoms. The van der Waals surface area contributed by atoms with Crippen molar-refractivity contribution in [3.63, 3.8) is 0 Å². The third-order valence-electron chi connectivity index (χ3n) is 2.30. The van der Waals surface area contributed by atoms with Gasteiger partial charge in [-0.15, -0.1) is 0 Å². The lowest BCUT2D eigenvalue weighted by atomic mass is 10.3. The second-order valence-electron chi connectivity index (χ2n) is 3.62. The van der Waals surface area contributed by atoms with Crippen molar-refractivity contribution in [1.82, 2.24) is 9.80 Å². The second kappa shape index (κ2) is 5.17. The van der Waals surface area contributed by atoms with E-state index in [2.05, 4.69) is 0 Å². The number of likely N-dealkylation sites (N-methyl/N-ethyl adjacent to an activating group) is 1. The molecule has 0 aromatic heterocycles. The molecule has 1 aliphatic rings. The van der Waals surface area contributed by atoms with Gasteiger partial charge in [0.15, 0.2) is 0 Å². The summed E-state index contributed by atoms with van der Waals surface area (Å²) in [6.45, 7) is 5.06. The molecule has 1 atom stereocenters. The average molecular weight is 201 g/mol. The monoisotopic (exact) mass is 201 g/mol. The predicted octanol–water partition coefficient (Wildman–Crippen LogP) is -0.282. The van der Waals surface area contributed by atoms with Gasteiger partial charge < -0.3 is 20.3 Å². The van der Waals surface area contributed by atoms with Crippen molar-refractivity contribution in [3.05, 3.63) is 0 Å². The molecule has 0 radical (unpaired) electrons. The van der Waals surface area contributed by atoms with E-state index >= 15 is 0 Å². The summed E-state index contributed by atoms with van der Waals surface area (Å²) in [5.74, 6) is 0. The van der Waals surface area contributed by atoms with Gasteiger partial charge in [-0.25, -0.2) is 4.79 Å². The first-order valence-electron chi connectivity index (χ1n) is 4.97. The van der Waals surface area contributed by atoms with Crippen molar-refractivity contribution >= 4 is 6.03 Å². The lowest BCUT2D eigenvalue weighted by Gasteiger charge is -2.33. The Morgan fingerprint density at radius 2 is 2.43 bits per heavy atom. The Labute approximate surface area is 84.8 Å². The number of carbonyl (C=O) groups excluding carboxylic acids is 1.